The van der Waals surface area contributed by atoms with Crippen molar-refractivity contribution in [2.24, 2.45) is 0 Å². The molecular formula is C14H19NO2. The van der Waals surface area contributed by atoms with E-state index in [0.717, 1.165) is 0 Å². The zero-order valence-corrected chi connectivity index (χ0v) is 11.1. The molecule has 0 unspecified atom stereocenters. The van der Waals surface area contributed by atoms with Gasteiger partial charge in [0.05, 0.1) is 5.69 Å². The average molecular weight is 233 g/mol. The Kier molecular flexibility index (Phi) is 3.71. The van der Waals surface area contributed by atoms with Gasteiger partial charge in [0.2, 0.25) is 11.8 Å². The molecule has 0 fully saturated rings. The first-order valence-corrected chi connectivity index (χ1v) is 5.65. The van der Waals surface area contributed by atoms with Gasteiger partial charge in [0.25, 0.3) is 0 Å². The minimum Gasteiger partial charge on any atom is -0.274 e. The molecule has 0 N–H and O–H groups in total. The first-order chi connectivity index (χ1) is 7.73. The van der Waals surface area contributed by atoms with E-state index in [2.05, 4.69) is 20.8 Å². The summed E-state index contributed by atoms with van der Waals surface area (Å²) < 4.78 is 0. The van der Waals surface area contributed by atoms with E-state index in [0.29, 0.717) is 5.69 Å². The molecule has 2 amide bonds. The Morgan fingerprint density at radius 3 is 1.65 bits per heavy atom. The van der Waals surface area contributed by atoms with Gasteiger partial charge < -0.3 is 0 Å². The molecule has 0 atom stereocenters. The number of benzene rings is 1. The van der Waals surface area contributed by atoms with E-state index in [9.17, 15) is 9.59 Å². The molecule has 0 spiro atoms. The number of anilines is 1. The number of imide groups is 1. The first kappa shape index (κ1) is 13.4. The van der Waals surface area contributed by atoms with Crippen molar-refractivity contribution in [1.82, 2.24) is 0 Å². The van der Waals surface area contributed by atoms with E-state index in [1.165, 1.54) is 24.3 Å². The number of hydrogen-bond acceptors (Lipinski definition) is 2. The van der Waals surface area contributed by atoms with Gasteiger partial charge in [0.1, 0.15) is 0 Å². The molecule has 0 saturated carbocycles. The summed E-state index contributed by atoms with van der Waals surface area (Å²) in [6, 6.07) is 7.52. The Hall–Kier alpha value is -1.64. The molecule has 3 heteroatoms. The van der Waals surface area contributed by atoms with Crippen LogP contribution in [0.3, 0.4) is 0 Å². The maximum atomic E-state index is 11.4. The van der Waals surface area contributed by atoms with Crippen LogP contribution in [0.2, 0.25) is 0 Å². The number of carbonyl (C=O) groups excluding carboxylic acids is 2. The van der Waals surface area contributed by atoms with E-state index in [1.807, 2.05) is 24.3 Å². The standard InChI is InChI=1S/C14H19NO2/c1-10(16)15(11(2)17)13-8-6-12(7-9-13)14(3,4)5/h6-9H,1-5H3. The molecule has 1 aromatic carbocycles. The van der Waals surface area contributed by atoms with Gasteiger partial charge in [-0.15, -0.1) is 0 Å². The van der Waals surface area contributed by atoms with Crippen molar-refractivity contribution in [2.45, 2.75) is 40.0 Å². The highest BCUT2D eigenvalue weighted by atomic mass is 16.2. The van der Waals surface area contributed by atoms with E-state index >= 15 is 0 Å². The number of nitrogens with zero attached hydrogens (tertiary/aromatic N) is 1. The lowest BCUT2D eigenvalue weighted by Crippen LogP contribution is -2.33. The van der Waals surface area contributed by atoms with E-state index in [4.69, 9.17) is 0 Å². The van der Waals surface area contributed by atoms with Gasteiger partial charge in [-0.25, -0.2) is 0 Å². The predicted octanol–water partition coefficient (Wildman–Crippen LogP) is 2.88. The Morgan fingerprint density at radius 2 is 1.35 bits per heavy atom. The molecule has 17 heavy (non-hydrogen) atoms. The third-order valence-electron chi connectivity index (χ3n) is 2.62. The smallest absolute Gasteiger partial charge is 0.230 e. The molecule has 0 aliphatic rings. The van der Waals surface area contributed by atoms with Crippen LogP contribution in [0.15, 0.2) is 24.3 Å². The summed E-state index contributed by atoms with van der Waals surface area (Å²) in [7, 11) is 0. The van der Waals surface area contributed by atoms with Gasteiger partial charge >= 0.3 is 0 Å². The normalized spacial score (nSPS) is 11.1. The molecular weight excluding hydrogens is 214 g/mol. The lowest BCUT2D eigenvalue weighted by Gasteiger charge is -2.21. The highest BCUT2D eigenvalue weighted by molar-refractivity contribution is 6.13. The monoisotopic (exact) mass is 233 g/mol. The second-order valence-electron chi connectivity index (χ2n) is 5.17. The van der Waals surface area contributed by atoms with Gasteiger partial charge in [-0.05, 0) is 23.1 Å². The topological polar surface area (TPSA) is 37.4 Å². The van der Waals surface area contributed by atoms with E-state index in [1.54, 1.807) is 0 Å². The fourth-order valence-electron chi connectivity index (χ4n) is 1.70. The summed E-state index contributed by atoms with van der Waals surface area (Å²) in [5.41, 5.74) is 1.86. The lowest BCUT2D eigenvalue weighted by molar-refractivity contribution is -0.124. The minimum absolute atomic E-state index is 0.0653. The van der Waals surface area contributed by atoms with Crippen LogP contribution in [0.25, 0.3) is 0 Å². The summed E-state index contributed by atoms with van der Waals surface area (Å²) in [4.78, 5) is 23.9. The van der Waals surface area contributed by atoms with Gasteiger partial charge in [-0.1, -0.05) is 32.9 Å². The molecule has 1 rings (SSSR count). The van der Waals surface area contributed by atoms with Crippen LogP contribution in [0.4, 0.5) is 5.69 Å². The zero-order valence-electron chi connectivity index (χ0n) is 11.1. The van der Waals surface area contributed by atoms with Crippen LogP contribution in [-0.4, -0.2) is 11.8 Å². The van der Waals surface area contributed by atoms with Crippen LogP contribution < -0.4 is 4.90 Å². The van der Waals surface area contributed by atoms with Crippen LogP contribution in [-0.2, 0) is 15.0 Å². The maximum absolute atomic E-state index is 11.4. The quantitative estimate of drug-likeness (QED) is 0.748. The van der Waals surface area contributed by atoms with Crippen LogP contribution in [0.5, 0.6) is 0 Å². The summed E-state index contributed by atoms with van der Waals surface area (Å²) in [5, 5.41) is 0. The van der Waals surface area contributed by atoms with Crippen molar-refractivity contribution in [3.63, 3.8) is 0 Å². The van der Waals surface area contributed by atoms with Crippen molar-refractivity contribution in [3.05, 3.63) is 29.8 Å². The van der Waals surface area contributed by atoms with Crippen LogP contribution in [0, 0.1) is 0 Å². The Balaban J connectivity index is 3.09. The number of amides is 2. The average Bonchev–Trinajstić information content (AvgIpc) is 2.15. The van der Waals surface area contributed by atoms with Gasteiger partial charge in [-0.3, -0.25) is 14.5 Å². The van der Waals surface area contributed by atoms with Crippen LogP contribution in [0.1, 0.15) is 40.2 Å². The summed E-state index contributed by atoms with van der Waals surface area (Å²) >= 11 is 0. The molecule has 0 aliphatic heterocycles. The molecule has 0 saturated heterocycles. The maximum Gasteiger partial charge on any atom is 0.230 e. The SMILES string of the molecule is CC(=O)N(C(C)=O)c1ccc(C(C)(C)C)cc1. The van der Waals surface area contributed by atoms with Gasteiger partial charge in [0, 0.05) is 13.8 Å². The van der Waals surface area contributed by atoms with Gasteiger partial charge in [-0.2, -0.15) is 0 Å². The molecule has 0 heterocycles. The van der Waals surface area contributed by atoms with Crippen molar-refractivity contribution in [3.8, 4) is 0 Å². The minimum atomic E-state index is -0.263. The van der Waals surface area contributed by atoms with E-state index in [-0.39, 0.29) is 17.2 Å². The molecule has 92 valence electrons. The number of rotatable bonds is 1. The highest BCUT2D eigenvalue weighted by Gasteiger charge is 2.18. The molecule has 3 nitrogen and oxygen atoms in total. The van der Waals surface area contributed by atoms with E-state index < -0.39 is 0 Å². The van der Waals surface area contributed by atoms with Crippen LogP contribution >= 0.6 is 0 Å². The summed E-state index contributed by atoms with van der Waals surface area (Å²) in [5.74, 6) is -0.526. The van der Waals surface area contributed by atoms with Crippen molar-refractivity contribution >= 4 is 17.5 Å². The Labute approximate surface area is 102 Å². The fraction of sp³-hybridized carbons (Fsp3) is 0.429. The third kappa shape index (κ3) is 3.16. The Morgan fingerprint density at radius 1 is 0.941 bits per heavy atom. The second-order valence-corrected chi connectivity index (χ2v) is 5.17. The largest absolute Gasteiger partial charge is 0.274 e. The van der Waals surface area contributed by atoms with Gasteiger partial charge in [0.15, 0.2) is 0 Å². The molecule has 1 aromatic rings. The number of hydrogen-bond donors (Lipinski definition) is 0. The summed E-state index contributed by atoms with van der Waals surface area (Å²) in [6.07, 6.45) is 0. The zero-order chi connectivity index (χ0) is 13.2. The fourth-order valence-corrected chi connectivity index (χ4v) is 1.70. The van der Waals surface area contributed by atoms with Crippen molar-refractivity contribution in [2.75, 3.05) is 4.90 Å². The third-order valence-corrected chi connectivity index (χ3v) is 2.62. The molecule has 0 radical (unpaired) electrons. The van der Waals surface area contributed by atoms with Crippen molar-refractivity contribution in [1.29, 1.82) is 0 Å². The molecule has 0 aromatic heterocycles. The highest BCUT2D eigenvalue weighted by Crippen LogP contribution is 2.25. The first-order valence-electron chi connectivity index (χ1n) is 5.65. The molecule has 0 bridgehead atoms. The Bertz CT molecular complexity index is 413. The predicted molar refractivity (Wildman–Crippen MR) is 69.0 cm³/mol. The summed E-state index contributed by atoms with van der Waals surface area (Å²) in [6.45, 7) is 9.14. The molecule has 0 aliphatic carbocycles. The lowest BCUT2D eigenvalue weighted by atomic mass is 9.87. The van der Waals surface area contributed by atoms with Crippen molar-refractivity contribution < 1.29 is 9.59 Å². The number of carbonyl (C=O) groups is 2. The second kappa shape index (κ2) is 4.70.